The van der Waals surface area contributed by atoms with E-state index in [-0.39, 0.29) is 0 Å². The molecule has 2 aromatic rings. The molecule has 0 saturated carbocycles. The summed E-state index contributed by atoms with van der Waals surface area (Å²) >= 11 is 0. The van der Waals surface area contributed by atoms with Crippen molar-refractivity contribution in [1.29, 1.82) is 0 Å². The summed E-state index contributed by atoms with van der Waals surface area (Å²) < 4.78 is 39.5. The Morgan fingerprint density at radius 1 is 1.48 bits per heavy atom. The maximum atomic E-state index is 12.8. The number of H-pyrrole nitrogens is 1. The lowest BCUT2D eigenvalue weighted by Crippen LogP contribution is -2.28. The van der Waals surface area contributed by atoms with Gasteiger partial charge in [0, 0.05) is 17.7 Å². The SMILES string of the molecule is O=C(O)c1cn(C2C=c3cc[nH]c3=CC2)nc1C(F)(F)F. The van der Waals surface area contributed by atoms with Crippen LogP contribution in [0.1, 0.15) is 28.5 Å². The molecule has 1 aliphatic rings. The van der Waals surface area contributed by atoms with Gasteiger partial charge in [-0.3, -0.25) is 4.68 Å². The molecule has 0 saturated heterocycles. The number of carbonyl (C=O) groups is 1. The molecule has 0 bridgehead atoms. The number of rotatable bonds is 2. The molecule has 1 atom stereocenters. The van der Waals surface area contributed by atoms with Crippen molar-refractivity contribution in [1.82, 2.24) is 14.8 Å². The number of hydrogen-bond donors (Lipinski definition) is 2. The topological polar surface area (TPSA) is 70.9 Å². The van der Waals surface area contributed by atoms with Crippen LogP contribution in [-0.2, 0) is 6.18 Å². The van der Waals surface area contributed by atoms with Crippen molar-refractivity contribution < 1.29 is 23.1 Å². The minimum Gasteiger partial charge on any atom is -0.478 e. The summed E-state index contributed by atoms with van der Waals surface area (Å²) in [5, 5.41) is 14.1. The molecular formula is C13H10F3N3O2. The summed E-state index contributed by atoms with van der Waals surface area (Å²) in [5.41, 5.74) is -2.21. The van der Waals surface area contributed by atoms with Crippen LogP contribution in [-0.4, -0.2) is 25.8 Å². The highest BCUT2D eigenvalue weighted by atomic mass is 19.4. The average molecular weight is 297 g/mol. The van der Waals surface area contributed by atoms with Crippen molar-refractivity contribution in [2.45, 2.75) is 18.6 Å². The normalized spacial score (nSPS) is 17.8. The summed E-state index contributed by atoms with van der Waals surface area (Å²) in [4.78, 5) is 13.9. The number of hydrogen-bond acceptors (Lipinski definition) is 2. The quantitative estimate of drug-likeness (QED) is 0.873. The van der Waals surface area contributed by atoms with Crippen LogP contribution in [0.25, 0.3) is 12.2 Å². The maximum Gasteiger partial charge on any atom is 0.436 e. The Hall–Kier alpha value is -2.51. The number of aromatic carboxylic acids is 1. The first-order chi connectivity index (χ1) is 9.86. The molecule has 0 radical (unpaired) electrons. The summed E-state index contributed by atoms with van der Waals surface area (Å²) in [7, 11) is 0. The zero-order valence-electron chi connectivity index (χ0n) is 10.6. The van der Waals surface area contributed by atoms with E-state index >= 15 is 0 Å². The van der Waals surface area contributed by atoms with Gasteiger partial charge in [-0.05, 0) is 17.7 Å². The van der Waals surface area contributed by atoms with Crippen LogP contribution >= 0.6 is 0 Å². The molecule has 2 aromatic heterocycles. The van der Waals surface area contributed by atoms with Crippen LogP contribution in [0.5, 0.6) is 0 Å². The fraction of sp³-hybridized carbons (Fsp3) is 0.231. The Morgan fingerprint density at radius 3 is 2.86 bits per heavy atom. The number of carboxylic acids is 1. The van der Waals surface area contributed by atoms with E-state index in [4.69, 9.17) is 5.11 Å². The van der Waals surface area contributed by atoms with Crippen molar-refractivity contribution in [3.63, 3.8) is 0 Å². The van der Waals surface area contributed by atoms with Gasteiger partial charge in [0.2, 0.25) is 0 Å². The monoisotopic (exact) mass is 297 g/mol. The number of aromatic amines is 1. The highest BCUT2D eigenvalue weighted by molar-refractivity contribution is 5.88. The van der Waals surface area contributed by atoms with Crippen molar-refractivity contribution in [2.24, 2.45) is 0 Å². The second kappa shape index (κ2) is 4.51. The third kappa shape index (κ3) is 2.32. The first kappa shape index (κ1) is 13.5. The molecular weight excluding hydrogens is 287 g/mol. The van der Waals surface area contributed by atoms with E-state index in [1.54, 1.807) is 18.3 Å². The van der Waals surface area contributed by atoms with Crippen LogP contribution in [0.15, 0.2) is 18.5 Å². The Balaban J connectivity index is 2.07. The Kier molecular flexibility index (Phi) is 2.89. The Labute approximate surface area is 116 Å². The zero-order chi connectivity index (χ0) is 15.2. The van der Waals surface area contributed by atoms with E-state index < -0.39 is 29.4 Å². The van der Waals surface area contributed by atoms with Gasteiger partial charge in [0.05, 0.1) is 6.04 Å². The van der Waals surface area contributed by atoms with Gasteiger partial charge in [-0.1, -0.05) is 12.2 Å². The number of halogens is 3. The second-order valence-electron chi connectivity index (χ2n) is 4.69. The van der Waals surface area contributed by atoms with Gasteiger partial charge >= 0.3 is 12.1 Å². The molecule has 8 heteroatoms. The molecule has 1 aliphatic carbocycles. The molecule has 110 valence electrons. The van der Waals surface area contributed by atoms with Crippen molar-refractivity contribution >= 4 is 18.1 Å². The van der Waals surface area contributed by atoms with Gasteiger partial charge < -0.3 is 10.1 Å². The zero-order valence-corrected chi connectivity index (χ0v) is 10.6. The lowest BCUT2D eigenvalue weighted by atomic mass is 10.1. The molecule has 0 aliphatic heterocycles. The highest BCUT2D eigenvalue weighted by Crippen LogP contribution is 2.32. The second-order valence-corrected chi connectivity index (χ2v) is 4.69. The molecule has 1 unspecified atom stereocenters. The molecule has 0 fully saturated rings. The highest BCUT2D eigenvalue weighted by Gasteiger charge is 2.39. The third-order valence-electron chi connectivity index (χ3n) is 3.32. The number of nitrogens with one attached hydrogen (secondary N) is 1. The standard InChI is InChI=1S/C13H10F3N3O2/c14-13(15,16)11-9(12(20)21)6-19(18-11)8-1-2-10-7(5-8)3-4-17-10/h2-6,8,17H,1H2,(H,20,21). The maximum absolute atomic E-state index is 12.8. The van der Waals surface area contributed by atoms with Crippen molar-refractivity contribution in [3.05, 3.63) is 40.3 Å². The van der Waals surface area contributed by atoms with E-state index in [1.807, 2.05) is 6.08 Å². The molecule has 0 aromatic carbocycles. The summed E-state index contributed by atoms with van der Waals surface area (Å²) in [6, 6.07) is 1.35. The fourth-order valence-corrected chi connectivity index (χ4v) is 2.34. The first-order valence-corrected chi connectivity index (χ1v) is 6.11. The number of aromatic nitrogens is 3. The van der Waals surface area contributed by atoms with Crippen molar-refractivity contribution in [2.75, 3.05) is 0 Å². The first-order valence-electron chi connectivity index (χ1n) is 6.11. The molecule has 3 rings (SSSR count). The van der Waals surface area contributed by atoms with E-state index in [0.29, 0.717) is 6.42 Å². The summed E-state index contributed by atoms with van der Waals surface area (Å²) in [6.07, 6.45) is 1.90. The van der Waals surface area contributed by atoms with Gasteiger partial charge in [0.15, 0.2) is 5.69 Å². The van der Waals surface area contributed by atoms with Crippen LogP contribution in [0.3, 0.4) is 0 Å². The van der Waals surface area contributed by atoms with Crippen molar-refractivity contribution in [3.8, 4) is 0 Å². The number of fused-ring (bicyclic) bond motifs is 1. The van der Waals surface area contributed by atoms with E-state index in [0.717, 1.165) is 21.4 Å². The van der Waals surface area contributed by atoms with Crippen LogP contribution < -0.4 is 10.6 Å². The summed E-state index contributed by atoms with van der Waals surface area (Å²) in [6.45, 7) is 0. The van der Waals surface area contributed by atoms with E-state index in [2.05, 4.69) is 10.1 Å². The number of carboxylic acid groups (broad SMARTS) is 1. The fourth-order valence-electron chi connectivity index (χ4n) is 2.34. The molecule has 2 N–H and O–H groups in total. The smallest absolute Gasteiger partial charge is 0.436 e. The Morgan fingerprint density at radius 2 is 2.24 bits per heavy atom. The number of alkyl halides is 3. The summed E-state index contributed by atoms with van der Waals surface area (Å²) in [5.74, 6) is -1.64. The number of nitrogens with zero attached hydrogens (tertiary/aromatic N) is 2. The predicted molar refractivity (Wildman–Crippen MR) is 66.8 cm³/mol. The van der Waals surface area contributed by atoms with Crippen LogP contribution in [0.2, 0.25) is 0 Å². The predicted octanol–water partition coefficient (Wildman–Crippen LogP) is 1.13. The molecule has 0 amide bonds. The van der Waals surface area contributed by atoms with Crippen LogP contribution in [0.4, 0.5) is 13.2 Å². The lowest BCUT2D eigenvalue weighted by Gasteiger charge is -2.13. The average Bonchev–Trinajstić information content (AvgIpc) is 3.03. The Bertz CT molecular complexity index is 817. The minimum absolute atomic E-state index is 0.436. The van der Waals surface area contributed by atoms with Gasteiger partial charge in [0.1, 0.15) is 5.56 Å². The lowest BCUT2D eigenvalue weighted by molar-refractivity contribution is -0.142. The van der Waals surface area contributed by atoms with Gasteiger partial charge in [-0.15, -0.1) is 0 Å². The van der Waals surface area contributed by atoms with Gasteiger partial charge in [0.25, 0.3) is 0 Å². The molecule has 2 heterocycles. The van der Waals surface area contributed by atoms with E-state index in [1.165, 1.54) is 0 Å². The molecule has 0 spiro atoms. The van der Waals surface area contributed by atoms with Gasteiger partial charge in [-0.25, -0.2) is 4.79 Å². The van der Waals surface area contributed by atoms with Crippen LogP contribution in [0, 0.1) is 0 Å². The molecule has 5 nitrogen and oxygen atoms in total. The minimum atomic E-state index is -4.80. The third-order valence-corrected chi connectivity index (χ3v) is 3.32. The molecule has 21 heavy (non-hydrogen) atoms. The largest absolute Gasteiger partial charge is 0.478 e. The van der Waals surface area contributed by atoms with Gasteiger partial charge in [-0.2, -0.15) is 18.3 Å². The van der Waals surface area contributed by atoms with E-state index in [9.17, 15) is 18.0 Å².